The van der Waals surface area contributed by atoms with Crippen molar-refractivity contribution in [3.05, 3.63) is 24.5 Å². The molecule has 2 heterocycles. The first-order valence-electron chi connectivity index (χ1n) is 5.50. The Labute approximate surface area is 104 Å². The number of imide groups is 1. The van der Waals surface area contributed by atoms with Gasteiger partial charge < -0.3 is 4.74 Å². The molecule has 0 radical (unpaired) electrons. The zero-order valence-electron chi connectivity index (χ0n) is 9.57. The summed E-state index contributed by atoms with van der Waals surface area (Å²) in [6, 6.07) is 5.26. The smallest absolute Gasteiger partial charge is 0.229 e. The molecule has 0 N–H and O–H groups in total. The number of aromatic nitrogens is 1. The summed E-state index contributed by atoms with van der Waals surface area (Å²) in [5.41, 5.74) is 0. The first kappa shape index (κ1) is 12.0. The van der Waals surface area contributed by atoms with Gasteiger partial charge in [-0.15, -0.1) is 0 Å². The minimum atomic E-state index is -0.875. The predicted octanol–water partition coefficient (Wildman–Crippen LogP) is 0.502. The van der Waals surface area contributed by atoms with Crippen molar-refractivity contribution in [3.63, 3.8) is 0 Å². The maximum absolute atomic E-state index is 11.4. The van der Waals surface area contributed by atoms with Crippen LogP contribution in [0, 0.1) is 11.3 Å². The van der Waals surface area contributed by atoms with E-state index >= 15 is 0 Å². The molecule has 1 aromatic heterocycles. The fourth-order valence-corrected chi connectivity index (χ4v) is 1.68. The van der Waals surface area contributed by atoms with E-state index in [1.165, 1.54) is 6.20 Å². The fourth-order valence-electron chi connectivity index (χ4n) is 1.68. The summed E-state index contributed by atoms with van der Waals surface area (Å²) in [5, 5.41) is 8.98. The lowest BCUT2D eigenvalue weighted by molar-refractivity contribution is -0.139. The van der Waals surface area contributed by atoms with Gasteiger partial charge in [-0.05, 0) is 12.1 Å². The number of nitriles is 1. The van der Waals surface area contributed by atoms with E-state index in [1.54, 1.807) is 18.3 Å². The summed E-state index contributed by atoms with van der Waals surface area (Å²) < 4.78 is 5.35. The first-order chi connectivity index (χ1) is 8.70. The minimum absolute atomic E-state index is 0.0386. The molecule has 1 aromatic rings. The third-order valence-electron chi connectivity index (χ3n) is 2.56. The van der Waals surface area contributed by atoms with Crippen LogP contribution in [0.4, 0.5) is 0 Å². The second-order valence-corrected chi connectivity index (χ2v) is 3.82. The van der Waals surface area contributed by atoms with Crippen LogP contribution >= 0.6 is 0 Å². The van der Waals surface area contributed by atoms with Crippen molar-refractivity contribution in [2.45, 2.75) is 18.9 Å². The van der Waals surface area contributed by atoms with Gasteiger partial charge in [-0.3, -0.25) is 19.5 Å². The number of amides is 2. The van der Waals surface area contributed by atoms with Crippen molar-refractivity contribution in [2.24, 2.45) is 0 Å². The third kappa shape index (κ3) is 2.63. The molecular weight excluding hydrogens is 234 g/mol. The molecule has 1 atom stereocenters. The molecule has 1 aliphatic rings. The maximum Gasteiger partial charge on any atom is 0.229 e. The topological polar surface area (TPSA) is 83.3 Å². The van der Waals surface area contributed by atoms with Gasteiger partial charge in [0.05, 0.1) is 12.7 Å². The lowest BCUT2D eigenvalue weighted by atomic mass is 10.3. The van der Waals surface area contributed by atoms with Crippen LogP contribution in [0.15, 0.2) is 24.5 Å². The summed E-state index contributed by atoms with van der Waals surface area (Å²) in [5.74, 6) is -0.0757. The van der Waals surface area contributed by atoms with Gasteiger partial charge in [0, 0.05) is 19.0 Å². The van der Waals surface area contributed by atoms with E-state index in [2.05, 4.69) is 4.98 Å². The monoisotopic (exact) mass is 245 g/mol. The second kappa shape index (κ2) is 5.27. The molecule has 1 saturated heterocycles. The van der Waals surface area contributed by atoms with Crippen LogP contribution in [0.2, 0.25) is 0 Å². The molecule has 0 aromatic carbocycles. The first-order valence-corrected chi connectivity index (χ1v) is 5.50. The number of hydrogen-bond acceptors (Lipinski definition) is 5. The standard InChI is InChI=1S/C12H11N3O3/c13-6-10(18-9-2-1-5-14-7-9)8-15-11(16)3-4-12(15)17/h1-2,5,7,10H,3-4,8H2. The van der Waals surface area contributed by atoms with Gasteiger partial charge in [-0.25, -0.2) is 0 Å². The largest absolute Gasteiger partial charge is 0.472 e. The SMILES string of the molecule is N#CC(CN1C(=O)CCC1=O)Oc1cccnc1. The van der Waals surface area contributed by atoms with Crippen molar-refractivity contribution in [1.82, 2.24) is 9.88 Å². The van der Waals surface area contributed by atoms with Gasteiger partial charge >= 0.3 is 0 Å². The summed E-state index contributed by atoms with van der Waals surface area (Å²) in [6.07, 6.45) is 2.60. The van der Waals surface area contributed by atoms with Crippen molar-refractivity contribution in [2.75, 3.05) is 6.54 Å². The van der Waals surface area contributed by atoms with Gasteiger partial charge in [-0.1, -0.05) is 0 Å². The minimum Gasteiger partial charge on any atom is -0.472 e. The van der Waals surface area contributed by atoms with Crippen LogP contribution in [0.3, 0.4) is 0 Å². The molecule has 92 valence electrons. The van der Waals surface area contributed by atoms with Gasteiger partial charge in [-0.2, -0.15) is 5.26 Å². The highest BCUT2D eigenvalue weighted by Gasteiger charge is 2.31. The van der Waals surface area contributed by atoms with E-state index in [4.69, 9.17) is 10.00 Å². The van der Waals surface area contributed by atoms with E-state index in [0.717, 1.165) is 4.90 Å². The summed E-state index contributed by atoms with van der Waals surface area (Å²) in [6.45, 7) is -0.0386. The molecule has 18 heavy (non-hydrogen) atoms. The Morgan fingerprint density at radius 2 is 2.17 bits per heavy atom. The normalized spacial score (nSPS) is 16.5. The van der Waals surface area contributed by atoms with E-state index in [1.807, 2.05) is 6.07 Å². The Balaban J connectivity index is 2.00. The van der Waals surface area contributed by atoms with Crippen molar-refractivity contribution in [3.8, 4) is 11.8 Å². The van der Waals surface area contributed by atoms with Crippen LogP contribution in [-0.4, -0.2) is 34.3 Å². The van der Waals surface area contributed by atoms with Crippen LogP contribution in [-0.2, 0) is 9.59 Å². The summed E-state index contributed by atoms with van der Waals surface area (Å²) >= 11 is 0. The molecule has 1 fully saturated rings. The molecule has 1 unspecified atom stereocenters. The number of hydrogen-bond donors (Lipinski definition) is 0. The Bertz CT molecular complexity index is 479. The van der Waals surface area contributed by atoms with Gasteiger partial charge in [0.2, 0.25) is 17.9 Å². The third-order valence-corrected chi connectivity index (χ3v) is 2.56. The van der Waals surface area contributed by atoms with Crippen LogP contribution < -0.4 is 4.74 Å². The molecule has 6 heteroatoms. The number of likely N-dealkylation sites (tertiary alicyclic amines) is 1. The molecule has 0 aliphatic carbocycles. The molecule has 2 rings (SSSR count). The van der Waals surface area contributed by atoms with Crippen molar-refractivity contribution in [1.29, 1.82) is 5.26 Å². The maximum atomic E-state index is 11.4. The van der Waals surface area contributed by atoms with E-state index < -0.39 is 6.10 Å². The summed E-state index contributed by atoms with van der Waals surface area (Å²) in [7, 11) is 0. The van der Waals surface area contributed by atoms with Crippen LogP contribution in [0.25, 0.3) is 0 Å². The highest BCUT2D eigenvalue weighted by atomic mass is 16.5. The Morgan fingerprint density at radius 3 is 2.72 bits per heavy atom. The number of carbonyl (C=O) groups is 2. The number of ether oxygens (including phenoxy) is 1. The fraction of sp³-hybridized carbons (Fsp3) is 0.333. The summed E-state index contributed by atoms with van der Waals surface area (Å²) in [4.78, 5) is 27.8. The highest BCUT2D eigenvalue weighted by molar-refractivity contribution is 6.01. The van der Waals surface area contributed by atoms with Crippen LogP contribution in [0.5, 0.6) is 5.75 Å². The van der Waals surface area contributed by atoms with Gasteiger partial charge in [0.1, 0.15) is 11.8 Å². The zero-order valence-corrected chi connectivity index (χ0v) is 9.57. The molecule has 1 aliphatic heterocycles. The van der Waals surface area contributed by atoms with Crippen molar-refractivity contribution >= 4 is 11.8 Å². The Morgan fingerprint density at radius 1 is 1.44 bits per heavy atom. The number of carbonyl (C=O) groups excluding carboxylic acids is 2. The number of nitrogens with zero attached hydrogens (tertiary/aromatic N) is 3. The lowest BCUT2D eigenvalue weighted by Crippen LogP contribution is -2.38. The Kier molecular flexibility index (Phi) is 3.53. The Hall–Kier alpha value is -2.42. The highest BCUT2D eigenvalue weighted by Crippen LogP contribution is 2.15. The van der Waals surface area contributed by atoms with E-state index in [0.29, 0.717) is 5.75 Å². The van der Waals surface area contributed by atoms with Gasteiger partial charge in [0.15, 0.2) is 0 Å². The molecule has 0 bridgehead atoms. The average Bonchev–Trinajstić information content (AvgIpc) is 2.70. The average molecular weight is 245 g/mol. The quantitative estimate of drug-likeness (QED) is 0.721. The number of rotatable bonds is 4. The van der Waals surface area contributed by atoms with E-state index in [9.17, 15) is 9.59 Å². The van der Waals surface area contributed by atoms with Crippen LogP contribution in [0.1, 0.15) is 12.8 Å². The van der Waals surface area contributed by atoms with Crippen molar-refractivity contribution < 1.29 is 14.3 Å². The van der Waals surface area contributed by atoms with E-state index in [-0.39, 0.29) is 31.2 Å². The molecule has 0 spiro atoms. The lowest BCUT2D eigenvalue weighted by Gasteiger charge is -2.18. The second-order valence-electron chi connectivity index (χ2n) is 3.82. The molecule has 6 nitrogen and oxygen atoms in total. The molecule has 0 saturated carbocycles. The number of pyridine rings is 1. The zero-order chi connectivity index (χ0) is 13.0. The predicted molar refractivity (Wildman–Crippen MR) is 60.2 cm³/mol. The molecular formula is C12H11N3O3. The molecule has 2 amide bonds. The van der Waals surface area contributed by atoms with Gasteiger partial charge in [0.25, 0.3) is 0 Å².